The molecule has 0 saturated heterocycles. The van der Waals surface area contributed by atoms with E-state index in [1.165, 1.54) is 36.8 Å². The van der Waals surface area contributed by atoms with E-state index in [2.05, 4.69) is 45.0 Å². The van der Waals surface area contributed by atoms with Gasteiger partial charge in [0.2, 0.25) is 0 Å². The van der Waals surface area contributed by atoms with Crippen molar-refractivity contribution in [3.63, 3.8) is 0 Å². The van der Waals surface area contributed by atoms with Gasteiger partial charge in [-0.05, 0) is 41.7 Å². The van der Waals surface area contributed by atoms with Crippen molar-refractivity contribution in [1.82, 2.24) is 0 Å². The molecule has 2 N–H and O–H groups in total. The van der Waals surface area contributed by atoms with Crippen LogP contribution in [0.1, 0.15) is 69.5 Å². The minimum atomic E-state index is 0.231. The van der Waals surface area contributed by atoms with Gasteiger partial charge in [0.1, 0.15) is 0 Å². The Bertz CT molecular complexity index is 366. The highest BCUT2D eigenvalue weighted by atomic mass is 14.7. The fourth-order valence-corrected chi connectivity index (χ4v) is 3.18. The molecule has 0 heterocycles. The van der Waals surface area contributed by atoms with Crippen LogP contribution < -0.4 is 5.73 Å². The third-order valence-electron chi connectivity index (χ3n) is 4.47. The second kappa shape index (κ2) is 5.88. The molecular formula is C17H27N. The summed E-state index contributed by atoms with van der Waals surface area (Å²) < 4.78 is 0. The lowest BCUT2D eigenvalue weighted by atomic mass is 9.77. The Kier molecular flexibility index (Phi) is 4.45. The van der Waals surface area contributed by atoms with E-state index in [9.17, 15) is 0 Å². The molecule has 3 unspecified atom stereocenters. The molecule has 1 saturated carbocycles. The van der Waals surface area contributed by atoms with Gasteiger partial charge in [0, 0.05) is 6.04 Å². The smallest absolute Gasteiger partial charge is 0.0323 e. The lowest BCUT2D eigenvalue weighted by Crippen LogP contribution is -2.26. The summed E-state index contributed by atoms with van der Waals surface area (Å²) in [4.78, 5) is 0. The van der Waals surface area contributed by atoms with Crippen molar-refractivity contribution in [1.29, 1.82) is 0 Å². The molecule has 0 bridgehead atoms. The molecule has 1 heteroatoms. The van der Waals surface area contributed by atoms with Gasteiger partial charge in [-0.25, -0.2) is 0 Å². The fourth-order valence-electron chi connectivity index (χ4n) is 3.18. The van der Waals surface area contributed by atoms with Gasteiger partial charge in [0.15, 0.2) is 0 Å². The molecule has 1 fully saturated rings. The van der Waals surface area contributed by atoms with Crippen LogP contribution >= 0.6 is 0 Å². The van der Waals surface area contributed by atoms with Gasteiger partial charge in [-0.3, -0.25) is 0 Å². The Hall–Kier alpha value is -0.820. The summed E-state index contributed by atoms with van der Waals surface area (Å²) in [6.07, 6.45) is 5.34. The molecular weight excluding hydrogens is 218 g/mol. The first kappa shape index (κ1) is 13.6. The van der Waals surface area contributed by atoms with Gasteiger partial charge < -0.3 is 5.73 Å². The molecule has 1 aliphatic rings. The average molecular weight is 245 g/mol. The second-order valence-corrected chi connectivity index (χ2v) is 6.38. The van der Waals surface area contributed by atoms with E-state index < -0.39 is 0 Å². The highest BCUT2D eigenvalue weighted by Gasteiger charge is 2.25. The van der Waals surface area contributed by atoms with Gasteiger partial charge in [0.05, 0.1) is 0 Å². The predicted octanol–water partition coefficient (Wildman–Crippen LogP) is 4.64. The van der Waals surface area contributed by atoms with Crippen LogP contribution in [0.3, 0.4) is 0 Å². The number of nitrogens with two attached hydrogens (primary N) is 1. The normalized spacial score (nSPS) is 26.3. The number of hydrogen-bond acceptors (Lipinski definition) is 1. The van der Waals surface area contributed by atoms with Crippen molar-refractivity contribution in [2.24, 2.45) is 17.6 Å². The number of rotatable bonds is 3. The van der Waals surface area contributed by atoms with Gasteiger partial charge in [-0.15, -0.1) is 0 Å². The maximum Gasteiger partial charge on any atom is 0.0323 e. The molecule has 1 aromatic carbocycles. The zero-order valence-electron chi connectivity index (χ0n) is 12.0. The molecule has 3 atom stereocenters. The first-order valence-electron chi connectivity index (χ1n) is 7.43. The molecule has 1 nitrogen and oxygen atoms in total. The van der Waals surface area contributed by atoms with Crippen LogP contribution in [-0.2, 0) is 0 Å². The Labute approximate surface area is 112 Å². The zero-order chi connectivity index (χ0) is 13.1. The third kappa shape index (κ3) is 3.14. The van der Waals surface area contributed by atoms with Crippen molar-refractivity contribution < 1.29 is 0 Å². The molecule has 0 aromatic heterocycles. The second-order valence-electron chi connectivity index (χ2n) is 6.38. The lowest BCUT2D eigenvalue weighted by molar-refractivity contribution is 0.248. The summed E-state index contributed by atoms with van der Waals surface area (Å²) >= 11 is 0. The van der Waals surface area contributed by atoms with E-state index in [1.807, 2.05) is 0 Å². The number of benzene rings is 1. The Balaban J connectivity index is 2.05. The summed E-state index contributed by atoms with van der Waals surface area (Å²) in [6.45, 7) is 6.83. The molecule has 100 valence electrons. The minimum Gasteiger partial charge on any atom is -0.324 e. The first-order chi connectivity index (χ1) is 8.58. The van der Waals surface area contributed by atoms with E-state index >= 15 is 0 Å². The van der Waals surface area contributed by atoms with Crippen LogP contribution in [0, 0.1) is 11.8 Å². The highest BCUT2D eigenvalue weighted by Crippen LogP contribution is 2.36. The van der Waals surface area contributed by atoms with Crippen molar-refractivity contribution in [2.75, 3.05) is 0 Å². The molecule has 0 spiro atoms. The van der Waals surface area contributed by atoms with Gasteiger partial charge in [0.25, 0.3) is 0 Å². The van der Waals surface area contributed by atoms with Crippen LogP contribution in [0.25, 0.3) is 0 Å². The Morgan fingerprint density at radius 3 is 2.22 bits per heavy atom. The van der Waals surface area contributed by atoms with Crippen LogP contribution in [0.2, 0.25) is 0 Å². The van der Waals surface area contributed by atoms with Gasteiger partial charge >= 0.3 is 0 Å². The largest absolute Gasteiger partial charge is 0.324 e. The monoisotopic (exact) mass is 245 g/mol. The topological polar surface area (TPSA) is 26.0 Å². The van der Waals surface area contributed by atoms with E-state index in [0.29, 0.717) is 11.8 Å². The summed E-state index contributed by atoms with van der Waals surface area (Å²) in [5.74, 6) is 2.13. The quantitative estimate of drug-likeness (QED) is 0.825. The first-order valence-corrected chi connectivity index (χ1v) is 7.43. The van der Waals surface area contributed by atoms with E-state index in [1.54, 1.807) is 0 Å². The van der Waals surface area contributed by atoms with E-state index in [4.69, 9.17) is 5.73 Å². The van der Waals surface area contributed by atoms with E-state index in [0.717, 1.165) is 5.92 Å². The van der Waals surface area contributed by atoms with Crippen LogP contribution in [0.4, 0.5) is 0 Å². The van der Waals surface area contributed by atoms with Crippen LogP contribution in [0.5, 0.6) is 0 Å². The minimum absolute atomic E-state index is 0.231. The van der Waals surface area contributed by atoms with Crippen molar-refractivity contribution in [2.45, 2.75) is 58.4 Å². The molecule has 0 aliphatic heterocycles. The molecule has 2 rings (SSSR count). The van der Waals surface area contributed by atoms with Crippen LogP contribution in [0.15, 0.2) is 24.3 Å². The lowest BCUT2D eigenvalue weighted by Gasteiger charge is -2.31. The summed E-state index contributed by atoms with van der Waals surface area (Å²) in [7, 11) is 0. The SMILES string of the molecule is CC1CCCC(C(N)c2ccc(C(C)C)cc2)C1. The third-order valence-corrected chi connectivity index (χ3v) is 4.47. The summed E-state index contributed by atoms with van der Waals surface area (Å²) in [6, 6.07) is 9.19. The van der Waals surface area contributed by atoms with Gasteiger partial charge in [-0.1, -0.05) is 57.9 Å². The zero-order valence-corrected chi connectivity index (χ0v) is 12.0. The molecule has 18 heavy (non-hydrogen) atoms. The Morgan fingerprint density at radius 2 is 1.67 bits per heavy atom. The maximum atomic E-state index is 6.46. The van der Waals surface area contributed by atoms with Crippen molar-refractivity contribution in [3.05, 3.63) is 35.4 Å². The Morgan fingerprint density at radius 1 is 1.06 bits per heavy atom. The molecule has 1 aliphatic carbocycles. The maximum absolute atomic E-state index is 6.46. The van der Waals surface area contributed by atoms with E-state index in [-0.39, 0.29) is 6.04 Å². The molecule has 0 amide bonds. The molecule has 1 aromatic rings. The average Bonchev–Trinajstić information content (AvgIpc) is 2.38. The fraction of sp³-hybridized carbons (Fsp3) is 0.647. The molecule has 0 radical (unpaired) electrons. The highest BCUT2D eigenvalue weighted by molar-refractivity contribution is 5.27. The summed E-state index contributed by atoms with van der Waals surface area (Å²) in [5.41, 5.74) is 9.18. The standard InChI is InChI=1S/C17H27N/c1-12(2)14-7-9-15(10-8-14)17(18)16-6-4-5-13(3)11-16/h7-10,12-13,16-17H,4-6,11,18H2,1-3H3. The van der Waals surface area contributed by atoms with Crippen molar-refractivity contribution in [3.8, 4) is 0 Å². The summed E-state index contributed by atoms with van der Waals surface area (Å²) in [5, 5.41) is 0. The van der Waals surface area contributed by atoms with Crippen molar-refractivity contribution >= 4 is 0 Å². The van der Waals surface area contributed by atoms with Crippen LogP contribution in [-0.4, -0.2) is 0 Å². The predicted molar refractivity (Wildman–Crippen MR) is 78.6 cm³/mol. The number of hydrogen-bond donors (Lipinski definition) is 1. The van der Waals surface area contributed by atoms with Gasteiger partial charge in [-0.2, -0.15) is 0 Å².